The minimum absolute atomic E-state index is 0.214. The Kier molecular flexibility index (Phi) is 1.84. The highest BCUT2D eigenvalue weighted by atomic mass is 16.4. The Morgan fingerprint density at radius 1 is 1.50 bits per heavy atom. The average Bonchev–Trinajstić information content (AvgIpc) is 1.62. The SMILES string of the molecule is CC(C)(C)/C(N)=N/O. The molecule has 0 unspecified atom stereocenters. The van der Waals surface area contributed by atoms with Crippen molar-refractivity contribution in [3.63, 3.8) is 0 Å². The van der Waals surface area contributed by atoms with Gasteiger partial charge in [-0.3, -0.25) is 0 Å². The van der Waals surface area contributed by atoms with E-state index in [1.54, 1.807) is 0 Å². The standard InChI is InChI=1S/C5H12N2O/c1-5(2,3)4(6)7-8/h8H,1-3H3,(H2,6,7). The van der Waals surface area contributed by atoms with E-state index in [4.69, 9.17) is 10.9 Å². The zero-order valence-electron chi connectivity index (χ0n) is 5.47. The van der Waals surface area contributed by atoms with E-state index in [1.165, 1.54) is 0 Å². The van der Waals surface area contributed by atoms with Crippen molar-refractivity contribution in [2.75, 3.05) is 0 Å². The fourth-order valence-corrected chi connectivity index (χ4v) is 0.150. The second-order valence-corrected chi connectivity index (χ2v) is 2.74. The lowest BCUT2D eigenvalue weighted by Gasteiger charge is -2.14. The van der Waals surface area contributed by atoms with Gasteiger partial charge in [0.2, 0.25) is 0 Å². The van der Waals surface area contributed by atoms with Crippen molar-refractivity contribution < 1.29 is 5.21 Å². The highest BCUT2D eigenvalue weighted by molar-refractivity contribution is 5.84. The van der Waals surface area contributed by atoms with Gasteiger partial charge in [-0.25, -0.2) is 0 Å². The topological polar surface area (TPSA) is 58.6 Å². The van der Waals surface area contributed by atoms with Crippen LogP contribution in [0.25, 0.3) is 0 Å². The van der Waals surface area contributed by atoms with E-state index in [1.807, 2.05) is 20.8 Å². The van der Waals surface area contributed by atoms with E-state index in [9.17, 15) is 0 Å². The van der Waals surface area contributed by atoms with Gasteiger partial charge in [-0.05, 0) is 0 Å². The molecule has 0 rings (SSSR count). The molecule has 0 aromatic carbocycles. The zero-order chi connectivity index (χ0) is 6.78. The minimum atomic E-state index is -0.214. The summed E-state index contributed by atoms with van der Waals surface area (Å²) in [4.78, 5) is 0. The molecular formula is C5H12N2O. The summed E-state index contributed by atoms with van der Waals surface area (Å²) in [7, 11) is 0. The molecule has 0 atom stereocenters. The maximum absolute atomic E-state index is 8.13. The molecule has 0 spiro atoms. The van der Waals surface area contributed by atoms with E-state index in [2.05, 4.69) is 5.16 Å². The van der Waals surface area contributed by atoms with Crippen LogP contribution in [-0.2, 0) is 0 Å². The summed E-state index contributed by atoms with van der Waals surface area (Å²) in [5.74, 6) is 0.262. The monoisotopic (exact) mass is 116 g/mol. The van der Waals surface area contributed by atoms with Gasteiger partial charge in [-0.1, -0.05) is 25.9 Å². The number of amidine groups is 1. The predicted molar refractivity (Wildman–Crippen MR) is 32.9 cm³/mol. The molecule has 0 aliphatic rings. The van der Waals surface area contributed by atoms with Gasteiger partial charge in [0.05, 0.1) is 0 Å². The molecule has 3 nitrogen and oxygen atoms in total. The Morgan fingerprint density at radius 3 is 1.88 bits per heavy atom. The molecule has 3 N–H and O–H groups in total. The van der Waals surface area contributed by atoms with Crippen LogP contribution in [0.2, 0.25) is 0 Å². The second-order valence-electron chi connectivity index (χ2n) is 2.74. The summed E-state index contributed by atoms with van der Waals surface area (Å²) >= 11 is 0. The Bertz CT molecular complexity index is 101. The lowest BCUT2D eigenvalue weighted by molar-refractivity contribution is 0.310. The Labute approximate surface area is 49.2 Å². The minimum Gasteiger partial charge on any atom is -0.409 e. The molecule has 0 saturated carbocycles. The third-order valence-electron chi connectivity index (χ3n) is 0.876. The third kappa shape index (κ3) is 1.82. The maximum atomic E-state index is 8.13. The highest BCUT2D eigenvalue weighted by Gasteiger charge is 2.15. The number of rotatable bonds is 0. The number of nitrogens with zero attached hydrogens (tertiary/aromatic N) is 1. The van der Waals surface area contributed by atoms with Crippen molar-refractivity contribution in [2.45, 2.75) is 20.8 Å². The first-order chi connectivity index (χ1) is 3.48. The van der Waals surface area contributed by atoms with Crippen molar-refractivity contribution >= 4 is 5.84 Å². The molecule has 0 amide bonds. The van der Waals surface area contributed by atoms with Crippen molar-refractivity contribution in [3.05, 3.63) is 0 Å². The van der Waals surface area contributed by atoms with Crippen LogP contribution in [0.3, 0.4) is 0 Å². The fraction of sp³-hybridized carbons (Fsp3) is 0.800. The van der Waals surface area contributed by atoms with Gasteiger partial charge in [0.1, 0.15) is 5.84 Å². The van der Waals surface area contributed by atoms with Crippen LogP contribution in [0.1, 0.15) is 20.8 Å². The molecular weight excluding hydrogens is 104 g/mol. The molecule has 0 aliphatic heterocycles. The average molecular weight is 116 g/mol. The number of nitrogens with two attached hydrogens (primary N) is 1. The number of hydrogen-bond acceptors (Lipinski definition) is 2. The second kappa shape index (κ2) is 2.03. The molecule has 0 aromatic heterocycles. The first-order valence-electron chi connectivity index (χ1n) is 2.46. The summed E-state index contributed by atoms with van der Waals surface area (Å²) in [6.07, 6.45) is 0. The molecule has 8 heavy (non-hydrogen) atoms. The summed E-state index contributed by atoms with van der Waals surface area (Å²) in [5.41, 5.74) is 5.04. The van der Waals surface area contributed by atoms with Gasteiger partial charge in [0.25, 0.3) is 0 Å². The predicted octanol–water partition coefficient (Wildman–Crippen LogP) is 0.779. The molecule has 48 valence electrons. The molecule has 0 aromatic rings. The van der Waals surface area contributed by atoms with E-state index in [0.29, 0.717) is 0 Å². The Morgan fingerprint density at radius 2 is 1.88 bits per heavy atom. The quantitative estimate of drug-likeness (QED) is 0.212. The Balaban J connectivity index is 4.03. The van der Waals surface area contributed by atoms with Gasteiger partial charge in [-0.15, -0.1) is 0 Å². The van der Waals surface area contributed by atoms with Crippen LogP contribution in [0.15, 0.2) is 5.16 Å². The van der Waals surface area contributed by atoms with Crippen LogP contribution in [-0.4, -0.2) is 11.0 Å². The van der Waals surface area contributed by atoms with E-state index < -0.39 is 0 Å². The molecule has 3 heteroatoms. The molecule has 0 saturated heterocycles. The van der Waals surface area contributed by atoms with Gasteiger partial charge < -0.3 is 10.9 Å². The lowest BCUT2D eigenvalue weighted by Crippen LogP contribution is -2.28. The highest BCUT2D eigenvalue weighted by Crippen LogP contribution is 2.11. The summed E-state index contributed by atoms with van der Waals surface area (Å²) in [6.45, 7) is 5.63. The molecule has 0 radical (unpaired) electrons. The van der Waals surface area contributed by atoms with E-state index >= 15 is 0 Å². The summed E-state index contributed by atoms with van der Waals surface area (Å²) in [5, 5.41) is 11.0. The molecule has 0 heterocycles. The third-order valence-corrected chi connectivity index (χ3v) is 0.876. The summed E-state index contributed by atoms with van der Waals surface area (Å²) < 4.78 is 0. The van der Waals surface area contributed by atoms with Gasteiger partial charge in [0, 0.05) is 5.41 Å². The van der Waals surface area contributed by atoms with Crippen LogP contribution in [0, 0.1) is 5.41 Å². The number of hydrogen-bond donors (Lipinski definition) is 2. The van der Waals surface area contributed by atoms with Crippen LogP contribution < -0.4 is 5.73 Å². The van der Waals surface area contributed by atoms with Gasteiger partial charge >= 0.3 is 0 Å². The fourth-order valence-electron chi connectivity index (χ4n) is 0.150. The summed E-state index contributed by atoms with van der Waals surface area (Å²) in [6, 6.07) is 0. The first-order valence-corrected chi connectivity index (χ1v) is 2.46. The van der Waals surface area contributed by atoms with E-state index in [-0.39, 0.29) is 11.3 Å². The zero-order valence-corrected chi connectivity index (χ0v) is 5.47. The maximum Gasteiger partial charge on any atom is 0.144 e. The van der Waals surface area contributed by atoms with Gasteiger partial charge in [-0.2, -0.15) is 0 Å². The van der Waals surface area contributed by atoms with Crippen molar-refractivity contribution in [1.82, 2.24) is 0 Å². The molecule has 0 fully saturated rings. The number of oxime groups is 1. The van der Waals surface area contributed by atoms with Gasteiger partial charge in [0.15, 0.2) is 0 Å². The smallest absolute Gasteiger partial charge is 0.144 e. The van der Waals surface area contributed by atoms with Crippen molar-refractivity contribution in [2.24, 2.45) is 16.3 Å². The normalized spacial score (nSPS) is 14.1. The van der Waals surface area contributed by atoms with Crippen molar-refractivity contribution in [1.29, 1.82) is 0 Å². The first kappa shape index (κ1) is 7.27. The lowest BCUT2D eigenvalue weighted by atomic mass is 9.96. The largest absolute Gasteiger partial charge is 0.409 e. The van der Waals surface area contributed by atoms with Crippen LogP contribution in [0.4, 0.5) is 0 Å². The molecule has 0 aliphatic carbocycles. The Hall–Kier alpha value is -0.730. The molecule has 0 bridgehead atoms. The van der Waals surface area contributed by atoms with Crippen LogP contribution in [0.5, 0.6) is 0 Å². The van der Waals surface area contributed by atoms with E-state index in [0.717, 1.165) is 0 Å². The van der Waals surface area contributed by atoms with Crippen molar-refractivity contribution in [3.8, 4) is 0 Å². The van der Waals surface area contributed by atoms with Crippen LogP contribution >= 0.6 is 0 Å².